The van der Waals surface area contributed by atoms with Crippen LogP contribution in [0.1, 0.15) is 50.5 Å². The van der Waals surface area contributed by atoms with Crippen LogP contribution in [0.15, 0.2) is 24.3 Å². The van der Waals surface area contributed by atoms with E-state index < -0.39 is 5.54 Å². The van der Waals surface area contributed by atoms with Crippen LogP contribution in [-0.4, -0.2) is 0 Å². The van der Waals surface area contributed by atoms with Gasteiger partial charge in [0.15, 0.2) is 0 Å². The zero-order chi connectivity index (χ0) is 11.9. The second-order valence-corrected chi connectivity index (χ2v) is 6.05. The van der Waals surface area contributed by atoms with E-state index in [9.17, 15) is 4.39 Å². The second-order valence-electron chi connectivity index (χ2n) is 6.05. The summed E-state index contributed by atoms with van der Waals surface area (Å²) in [6.45, 7) is 0. The number of halogens is 1. The van der Waals surface area contributed by atoms with E-state index in [4.69, 9.17) is 5.73 Å². The van der Waals surface area contributed by atoms with Gasteiger partial charge in [-0.2, -0.15) is 0 Å². The third kappa shape index (κ3) is 1.79. The highest BCUT2D eigenvalue weighted by Crippen LogP contribution is 2.59. The predicted octanol–water partition coefficient (Wildman–Crippen LogP) is 3.72. The normalized spacial score (nSPS) is 25.5. The van der Waals surface area contributed by atoms with Crippen molar-refractivity contribution in [2.24, 2.45) is 11.1 Å². The molecule has 3 rings (SSSR count). The summed E-state index contributed by atoms with van der Waals surface area (Å²) in [5, 5.41) is 0. The molecule has 0 radical (unpaired) electrons. The molecule has 0 aliphatic heterocycles. The van der Waals surface area contributed by atoms with Gasteiger partial charge in [-0.3, -0.25) is 0 Å². The van der Waals surface area contributed by atoms with Gasteiger partial charge in [0.1, 0.15) is 5.82 Å². The van der Waals surface area contributed by atoms with E-state index in [1.807, 2.05) is 12.1 Å². The van der Waals surface area contributed by atoms with Crippen molar-refractivity contribution >= 4 is 0 Å². The molecular formula is C15H20FN. The van der Waals surface area contributed by atoms with Gasteiger partial charge in [0.2, 0.25) is 0 Å². The van der Waals surface area contributed by atoms with Gasteiger partial charge in [-0.15, -0.1) is 0 Å². The number of hydrogen-bond acceptors (Lipinski definition) is 1. The first kappa shape index (κ1) is 11.2. The summed E-state index contributed by atoms with van der Waals surface area (Å²) >= 11 is 0. The molecule has 2 heteroatoms. The van der Waals surface area contributed by atoms with Crippen molar-refractivity contribution in [1.29, 1.82) is 0 Å². The maximum Gasteiger partial charge on any atom is 0.128 e. The average Bonchev–Trinajstić information content (AvgIpc) is 2.29. The molecule has 1 spiro atoms. The molecular weight excluding hydrogens is 213 g/mol. The molecule has 0 heterocycles. The zero-order valence-corrected chi connectivity index (χ0v) is 10.2. The Morgan fingerprint density at radius 1 is 1.00 bits per heavy atom. The fraction of sp³-hybridized carbons (Fsp3) is 0.600. The number of hydrogen-bond donors (Lipinski definition) is 1. The SMILES string of the molecule is NC1(c2ccccc2F)CC2(CCCCC2)C1. The van der Waals surface area contributed by atoms with Crippen LogP contribution in [0, 0.1) is 11.2 Å². The standard InChI is InChI=1S/C15H20FN/c16-13-7-3-2-6-12(13)15(17)10-14(11-15)8-4-1-5-9-14/h2-3,6-7H,1,4-5,8-11,17H2. The van der Waals surface area contributed by atoms with Gasteiger partial charge in [0.05, 0.1) is 0 Å². The number of rotatable bonds is 1. The minimum atomic E-state index is -0.400. The molecule has 0 aromatic heterocycles. The molecule has 92 valence electrons. The quantitative estimate of drug-likeness (QED) is 0.786. The minimum Gasteiger partial charge on any atom is -0.321 e. The largest absolute Gasteiger partial charge is 0.321 e. The number of benzene rings is 1. The van der Waals surface area contributed by atoms with Crippen molar-refractivity contribution < 1.29 is 4.39 Å². The van der Waals surface area contributed by atoms with Crippen molar-refractivity contribution in [2.45, 2.75) is 50.5 Å². The molecule has 2 aliphatic carbocycles. The summed E-state index contributed by atoms with van der Waals surface area (Å²) in [6.07, 6.45) is 8.54. The van der Waals surface area contributed by atoms with E-state index in [0.29, 0.717) is 5.41 Å². The molecule has 2 saturated carbocycles. The first-order valence-electron chi connectivity index (χ1n) is 6.68. The highest BCUT2D eigenvalue weighted by atomic mass is 19.1. The van der Waals surface area contributed by atoms with E-state index in [1.54, 1.807) is 6.07 Å². The van der Waals surface area contributed by atoms with Crippen molar-refractivity contribution in [3.05, 3.63) is 35.6 Å². The molecule has 0 amide bonds. The van der Waals surface area contributed by atoms with Crippen LogP contribution in [0.25, 0.3) is 0 Å². The van der Waals surface area contributed by atoms with E-state index in [2.05, 4.69) is 0 Å². The van der Waals surface area contributed by atoms with Gasteiger partial charge in [0, 0.05) is 11.1 Å². The van der Waals surface area contributed by atoms with Crippen LogP contribution < -0.4 is 5.73 Å². The predicted molar refractivity (Wildman–Crippen MR) is 67.0 cm³/mol. The maximum atomic E-state index is 13.8. The molecule has 1 nitrogen and oxygen atoms in total. The maximum absolute atomic E-state index is 13.8. The van der Waals surface area contributed by atoms with E-state index in [-0.39, 0.29) is 5.82 Å². The fourth-order valence-electron chi connectivity index (χ4n) is 4.00. The molecule has 0 bridgehead atoms. The van der Waals surface area contributed by atoms with Gasteiger partial charge >= 0.3 is 0 Å². The topological polar surface area (TPSA) is 26.0 Å². The summed E-state index contributed by atoms with van der Waals surface area (Å²) < 4.78 is 13.8. The molecule has 1 aromatic rings. The van der Waals surface area contributed by atoms with E-state index in [1.165, 1.54) is 38.2 Å². The average molecular weight is 233 g/mol. The Kier molecular flexibility index (Phi) is 2.51. The first-order valence-corrected chi connectivity index (χ1v) is 6.68. The van der Waals surface area contributed by atoms with Crippen molar-refractivity contribution in [3.63, 3.8) is 0 Å². The van der Waals surface area contributed by atoms with Gasteiger partial charge in [-0.1, -0.05) is 37.5 Å². The summed E-state index contributed by atoms with van der Waals surface area (Å²) in [5.41, 5.74) is 7.15. The highest BCUT2D eigenvalue weighted by Gasteiger charge is 2.53. The fourth-order valence-corrected chi connectivity index (χ4v) is 4.00. The lowest BCUT2D eigenvalue weighted by Gasteiger charge is -2.56. The third-order valence-electron chi connectivity index (χ3n) is 4.71. The Morgan fingerprint density at radius 3 is 2.29 bits per heavy atom. The minimum absolute atomic E-state index is 0.138. The second kappa shape index (κ2) is 3.81. The molecule has 0 atom stereocenters. The smallest absolute Gasteiger partial charge is 0.128 e. The summed E-state index contributed by atoms with van der Waals surface area (Å²) in [7, 11) is 0. The van der Waals surface area contributed by atoms with Crippen LogP contribution >= 0.6 is 0 Å². The Morgan fingerprint density at radius 2 is 1.65 bits per heavy atom. The Hall–Kier alpha value is -0.890. The molecule has 2 fully saturated rings. The van der Waals surface area contributed by atoms with Gasteiger partial charge in [-0.05, 0) is 37.2 Å². The van der Waals surface area contributed by atoms with Crippen LogP contribution in [0.2, 0.25) is 0 Å². The molecule has 17 heavy (non-hydrogen) atoms. The number of nitrogens with two attached hydrogens (primary N) is 1. The monoisotopic (exact) mass is 233 g/mol. The van der Waals surface area contributed by atoms with Crippen molar-refractivity contribution in [1.82, 2.24) is 0 Å². The lowest BCUT2D eigenvalue weighted by Crippen LogP contribution is -2.56. The van der Waals surface area contributed by atoms with Gasteiger partial charge in [0.25, 0.3) is 0 Å². The summed E-state index contributed by atoms with van der Waals surface area (Å²) in [5.74, 6) is -0.138. The van der Waals surface area contributed by atoms with Crippen LogP contribution in [0.5, 0.6) is 0 Å². The molecule has 0 saturated heterocycles. The summed E-state index contributed by atoms with van der Waals surface area (Å²) in [4.78, 5) is 0. The van der Waals surface area contributed by atoms with Crippen molar-refractivity contribution in [3.8, 4) is 0 Å². The molecule has 2 N–H and O–H groups in total. The highest BCUT2D eigenvalue weighted by molar-refractivity contribution is 5.30. The first-order chi connectivity index (χ1) is 8.14. The molecule has 1 aromatic carbocycles. The van der Waals surface area contributed by atoms with Crippen LogP contribution in [-0.2, 0) is 5.54 Å². The Balaban J connectivity index is 1.80. The van der Waals surface area contributed by atoms with Gasteiger partial charge < -0.3 is 5.73 Å². The van der Waals surface area contributed by atoms with Crippen LogP contribution in [0.3, 0.4) is 0 Å². The van der Waals surface area contributed by atoms with Gasteiger partial charge in [-0.25, -0.2) is 4.39 Å². The Labute approximate surface area is 102 Å². The third-order valence-corrected chi connectivity index (χ3v) is 4.71. The zero-order valence-electron chi connectivity index (χ0n) is 10.2. The lowest BCUT2D eigenvalue weighted by atomic mass is 9.51. The van der Waals surface area contributed by atoms with E-state index in [0.717, 1.165) is 18.4 Å². The molecule has 0 unspecified atom stereocenters. The van der Waals surface area contributed by atoms with E-state index >= 15 is 0 Å². The summed E-state index contributed by atoms with van der Waals surface area (Å²) in [6, 6.07) is 7.00. The van der Waals surface area contributed by atoms with Crippen molar-refractivity contribution in [2.75, 3.05) is 0 Å². The molecule has 2 aliphatic rings. The van der Waals surface area contributed by atoms with Crippen LogP contribution in [0.4, 0.5) is 4.39 Å². The Bertz CT molecular complexity index is 413. The lowest BCUT2D eigenvalue weighted by molar-refractivity contribution is -0.0116.